The Labute approximate surface area is 187 Å². The molecule has 0 radical (unpaired) electrons. The molecule has 1 aliphatic rings. The lowest BCUT2D eigenvalue weighted by atomic mass is 10.1. The summed E-state index contributed by atoms with van der Waals surface area (Å²) in [5.74, 6) is 0.874. The zero-order valence-corrected chi connectivity index (χ0v) is 18.6. The maximum Gasteiger partial charge on any atom is 0.256 e. The maximum atomic E-state index is 13.5. The highest BCUT2D eigenvalue weighted by molar-refractivity contribution is 6.13. The molecule has 1 saturated carbocycles. The van der Waals surface area contributed by atoms with Gasteiger partial charge in [0.2, 0.25) is 0 Å². The molecule has 2 aromatic carbocycles. The van der Waals surface area contributed by atoms with Crippen molar-refractivity contribution in [3.63, 3.8) is 0 Å². The van der Waals surface area contributed by atoms with Crippen LogP contribution in [0.5, 0.6) is 5.75 Å². The molecule has 1 aliphatic carbocycles. The van der Waals surface area contributed by atoms with Gasteiger partial charge in [0.25, 0.3) is 5.91 Å². The molecule has 5 rings (SSSR count). The molecule has 162 valence electrons. The zero-order chi connectivity index (χ0) is 22.2. The van der Waals surface area contributed by atoms with Crippen LogP contribution in [-0.2, 0) is 6.54 Å². The van der Waals surface area contributed by atoms with E-state index >= 15 is 0 Å². The zero-order valence-electron chi connectivity index (χ0n) is 18.6. The van der Waals surface area contributed by atoms with Gasteiger partial charge in [-0.25, -0.2) is 9.67 Å². The highest BCUT2D eigenvalue weighted by Gasteiger charge is 2.29. The van der Waals surface area contributed by atoms with Crippen LogP contribution in [0, 0.1) is 13.8 Å². The second-order valence-corrected chi connectivity index (χ2v) is 8.45. The van der Waals surface area contributed by atoms with E-state index in [0.29, 0.717) is 29.5 Å². The second kappa shape index (κ2) is 8.11. The summed E-state index contributed by atoms with van der Waals surface area (Å²) in [6.45, 7) is 4.54. The van der Waals surface area contributed by atoms with Crippen molar-refractivity contribution < 1.29 is 9.53 Å². The van der Waals surface area contributed by atoms with Gasteiger partial charge < -0.3 is 10.1 Å². The van der Waals surface area contributed by atoms with Crippen molar-refractivity contribution in [3.8, 4) is 5.75 Å². The Kier molecular flexibility index (Phi) is 5.13. The third kappa shape index (κ3) is 3.84. The summed E-state index contributed by atoms with van der Waals surface area (Å²) in [6, 6.07) is 17.9. The molecule has 0 bridgehead atoms. The predicted molar refractivity (Wildman–Crippen MR) is 125 cm³/mol. The molecule has 1 amide bonds. The van der Waals surface area contributed by atoms with Crippen LogP contribution in [0.3, 0.4) is 0 Å². The predicted octanol–water partition coefficient (Wildman–Crippen LogP) is 5.23. The number of methoxy groups -OCH3 is 1. The van der Waals surface area contributed by atoms with E-state index < -0.39 is 0 Å². The van der Waals surface area contributed by atoms with Crippen LogP contribution in [0.1, 0.15) is 51.6 Å². The molecule has 0 spiro atoms. The Morgan fingerprint density at radius 3 is 2.62 bits per heavy atom. The van der Waals surface area contributed by atoms with Gasteiger partial charge in [-0.2, -0.15) is 5.10 Å². The quantitative estimate of drug-likeness (QED) is 0.458. The first-order valence-electron chi connectivity index (χ1n) is 10.9. The first-order valence-corrected chi connectivity index (χ1v) is 10.9. The summed E-state index contributed by atoms with van der Waals surface area (Å²) >= 11 is 0. The summed E-state index contributed by atoms with van der Waals surface area (Å²) in [4.78, 5) is 18.4. The topological polar surface area (TPSA) is 69.0 Å². The Balaban J connectivity index is 1.59. The molecule has 6 nitrogen and oxygen atoms in total. The fourth-order valence-electron chi connectivity index (χ4n) is 4.12. The van der Waals surface area contributed by atoms with Crippen LogP contribution in [0.2, 0.25) is 0 Å². The summed E-state index contributed by atoms with van der Waals surface area (Å²) in [7, 11) is 1.61. The van der Waals surface area contributed by atoms with Gasteiger partial charge in [0.1, 0.15) is 5.75 Å². The highest BCUT2D eigenvalue weighted by atomic mass is 16.5. The lowest BCUT2D eigenvalue weighted by Gasteiger charge is -2.13. The van der Waals surface area contributed by atoms with Gasteiger partial charge in [-0.3, -0.25) is 4.79 Å². The number of hydrogen-bond acceptors (Lipinski definition) is 4. The fourth-order valence-corrected chi connectivity index (χ4v) is 4.12. The van der Waals surface area contributed by atoms with Crippen LogP contribution >= 0.6 is 0 Å². The fraction of sp³-hybridized carbons (Fsp3) is 0.269. The highest BCUT2D eigenvalue weighted by Crippen LogP contribution is 2.40. The van der Waals surface area contributed by atoms with Gasteiger partial charge in [-0.15, -0.1) is 0 Å². The van der Waals surface area contributed by atoms with Crippen LogP contribution in [0.25, 0.3) is 11.0 Å². The molecule has 4 aromatic rings. The number of hydrogen-bond donors (Lipinski definition) is 1. The lowest BCUT2D eigenvalue weighted by Crippen LogP contribution is -2.14. The van der Waals surface area contributed by atoms with Gasteiger partial charge in [0, 0.05) is 11.6 Å². The van der Waals surface area contributed by atoms with Gasteiger partial charge >= 0.3 is 0 Å². The van der Waals surface area contributed by atoms with Crippen molar-refractivity contribution in [2.24, 2.45) is 0 Å². The number of pyridine rings is 1. The van der Waals surface area contributed by atoms with Crippen LogP contribution in [0.15, 0.2) is 54.6 Å². The summed E-state index contributed by atoms with van der Waals surface area (Å²) in [6.07, 6.45) is 2.22. The molecular weight excluding hydrogens is 400 g/mol. The van der Waals surface area contributed by atoms with Gasteiger partial charge in [-0.05, 0) is 56.0 Å². The van der Waals surface area contributed by atoms with Crippen molar-refractivity contribution >= 4 is 22.6 Å². The first-order chi connectivity index (χ1) is 15.5. The van der Waals surface area contributed by atoms with Gasteiger partial charge in [0.05, 0.1) is 36.0 Å². The smallest absolute Gasteiger partial charge is 0.256 e. The first kappa shape index (κ1) is 20.2. The molecule has 32 heavy (non-hydrogen) atoms. The molecule has 6 heteroatoms. The van der Waals surface area contributed by atoms with Gasteiger partial charge in [0.15, 0.2) is 5.65 Å². The van der Waals surface area contributed by atoms with E-state index in [-0.39, 0.29) is 5.91 Å². The summed E-state index contributed by atoms with van der Waals surface area (Å²) in [5, 5.41) is 8.61. The molecule has 1 fully saturated rings. The molecule has 0 unspecified atom stereocenters. The minimum Gasteiger partial charge on any atom is -0.495 e. The van der Waals surface area contributed by atoms with E-state index in [1.54, 1.807) is 7.11 Å². The molecule has 0 atom stereocenters. The number of carbonyl (C=O) groups is 1. The number of fused-ring (bicyclic) bond motifs is 1. The van der Waals surface area contributed by atoms with E-state index in [4.69, 9.17) is 14.8 Å². The van der Waals surface area contributed by atoms with E-state index in [9.17, 15) is 4.79 Å². The van der Waals surface area contributed by atoms with Crippen LogP contribution in [-0.4, -0.2) is 27.8 Å². The van der Waals surface area contributed by atoms with Crippen molar-refractivity contribution in [1.82, 2.24) is 14.8 Å². The number of nitrogens with zero attached hydrogens (tertiary/aromatic N) is 3. The molecular formula is C26H26N4O2. The number of aromatic nitrogens is 3. The minimum absolute atomic E-state index is 0.175. The van der Waals surface area contributed by atoms with Crippen LogP contribution < -0.4 is 10.1 Å². The number of ether oxygens (including phenoxy) is 1. The Bertz CT molecular complexity index is 1310. The largest absolute Gasteiger partial charge is 0.495 e. The van der Waals surface area contributed by atoms with Crippen molar-refractivity contribution in [2.75, 3.05) is 12.4 Å². The standard InChI is InChI=1S/C26H26N4O2/c1-16-9-12-23(32-3)22(13-16)28-26(31)20-14-21(19-10-11-19)27-25-24(20)17(2)29-30(25)15-18-7-5-4-6-8-18/h4-9,12-14,19H,10-11,15H2,1-3H3,(H,28,31). The van der Waals surface area contributed by atoms with Gasteiger partial charge in [-0.1, -0.05) is 36.4 Å². The van der Waals surface area contributed by atoms with Crippen molar-refractivity contribution in [1.29, 1.82) is 0 Å². The SMILES string of the molecule is COc1ccc(C)cc1NC(=O)c1cc(C2CC2)nc2c1c(C)nn2Cc1ccccc1. The number of amides is 1. The molecule has 2 aromatic heterocycles. The summed E-state index contributed by atoms with van der Waals surface area (Å²) < 4.78 is 7.36. The molecule has 0 aliphatic heterocycles. The number of rotatable bonds is 6. The maximum absolute atomic E-state index is 13.5. The van der Waals surface area contributed by atoms with E-state index in [2.05, 4.69) is 17.4 Å². The number of carbonyl (C=O) groups excluding carboxylic acids is 1. The number of nitrogens with one attached hydrogen (secondary N) is 1. The van der Waals surface area contributed by atoms with E-state index in [1.807, 2.05) is 61.0 Å². The normalized spacial score (nSPS) is 13.3. The molecule has 2 heterocycles. The number of aryl methyl sites for hydroxylation is 2. The Morgan fingerprint density at radius 1 is 1.12 bits per heavy atom. The average Bonchev–Trinajstić information content (AvgIpc) is 3.59. The van der Waals surface area contributed by atoms with Crippen molar-refractivity contribution in [3.05, 3.63) is 82.7 Å². The average molecular weight is 427 g/mol. The lowest BCUT2D eigenvalue weighted by molar-refractivity contribution is 0.102. The minimum atomic E-state index is -0.175. The third-order valence-corrected chi connectivity index (χ3v) is 5.92. The van der Waals surface area contributed by atoms with Crippen LogP contribution in [0.4, 0.5) is 5.69 Å². The second-order valence-electron chi connectivity index (χ2n) is 8.45. The van der Waals surface area contributed by atoms with E-state index in [1.165, 1.54) is 0 Å². The molecule has 1 N–H and O–H groups in total. The summed E-state index contributed by atoms with van der Waals surface area (Å²) in [5.41, 5.74) is 5.98. The number of anilines is 1. The monoisotopic (exact) mass is 426 g/mol. The van der Waals surface area contributed by atoms with Crippen molar-refractivity contribution in [2.45, 2.75) is 39.2 Å². The Hall–Kier alpha value is -3.67. The number of benzene rings is 2. The Morgan fingerprint density at radius 2 is 1.91 bits per heavy atom. The molecule has 0 saturated heterocycles. The third-order valence-electron chi connectivity index (χ3n) is 5.92. The van der Waals surface area contributed by atoms with E-state index in [0.717, 1.165) is 46.4 Å².